The van der Waals surface area contributed by atoms with E-state index in [2.05, 4.69) is 10.6 Å². The summed E-state index contributed by atoms with van der Waals surface area (Å²) in [5, 5.41) is 5.06. The molecule has 0 atom stereocenters. The molecule has 0 radical (unpaired) electrons. The first-order valence-electron chi connectivity index (χ1n) is 8.56. The first-order valence-corrected chi connectivity index (χ1v) is 8.56. The molecule has 2 N–H and O–H groups in total. The van der Waals surface area contributed by atoms with Gasteiger partial charge in [0.25, 0.3) is 5.91 Å². The van der Waals surface area contributed by atoms with E-state index in [1.165, 1.54) is 0 Å². The Morgan fingerprint density at radius 3 is 2.32 bits per heavy atom. The van der Waals surface area contributed by atoms with Crippen molar-refractivity contribution in [3.63, 3.8) is 0 Å². The lowest BCUT2D eigenvalue weighted by Crippen LogP contribution is -2.37. The molecule has 0 fully saturated rings. The Kier molecular flexibility index (Phi) is 7.03. The molecule has 0 unspecified atom stereocenters. The summed E-state index contributed by atoms with van der Waals surface area (Å²) >= 11 is 0. The standard InChI is InChI=1S/C20H21F3N2O3/c1-13-3-8-17(28-2)15(11-13)9-10-24-18(26)12-25-19(27)14-4-6-16(7-5-14)20(21,22)23/h3-8,11H,9-10,12H2,1-2H3,(H,24,26)(H,25,27). The van der Waals surface area contributed by atoms with Crippen molar-refractivity contribution >= 4 is 11.8 Å². The van der Waals surface area contributed by atoms with Crippen LogP contribution in [0.2, 0.25) is 0 Å². The number of hydrogen-bond acceptors (Lipinski definition) is 3. The highest BCUT2D eigenvalue weighted by atomic mass is 19.4. The number of ether oxygens (including phenoxy) is 1. The number of amides is 2. The first kappa shape index (κ1) is 21.3. The molecule has 2 rings (SSSR count). The van der Waals surface area contributed by atoms with Gasteiger partial charge in [-0.05, 0) is 49.2 Å². The number of benzene rings is 2. The number of carbonyl (C=O) groups is 2. The van der Waals surface area contributed by atoms with Gasteiger partial charge in [0.1, 0.15) is 5.75 Å². The van der Waals surface area contributed by atoms with Crippen LogP contribution in [0.4, 0.5) is 13.2 Å². The maximum absolute atomic E-state index is 12.5. The van der Waals surface area contributed by atoms with E-state index < -0.39 is 23.6 Å². The van der Waals surface area contributed by atoms with Crippen LogP contribution in [0.25, 0.3) is 0 Å². The average molecular weight is 394 g/mol. The predicted octanol–water partition coefficient (Wildman–Crippen LogP) is 3.11. The number of hydrogen-bond donors (Lipinski definition) is 2. The molecule has 0 aliphatic rings. The predicted molar refractivity (Wildman–Crippen MR) is 98.2 cm³/mol. The van der Waals surface area contributed by atoms with Crippen LogP contribution in [-0.4, -0.2) is 32.0 Å². The molecule has 0 bridgehead atoms. The Morgan fingerprint density at radius 1 is 1.04 bits per heavy atom. The minimum absolute atomic E-state index is 0.0466. The summed E-state index contributed by atoms with van der Waals surface area (Å²) in [5.41, 5.74) is 1.24. The van der Waals surface area contributed by atoms with Crippen molar-refractivity contribution in [2.75, 3.05) is 20.2 Å². The molecule has 0 aliphatic carbocycles. The molecule has 0 saturated carbocycles. The van der Waals surface area contributed by atoms with Gasteiger partial charge in [-0.3, -0.25) is 9.59 Å². The van der Waals surface area contributed by atoms with E-state index in [4.69, 9.17) is 4.74 Å². The van der Waals surface area contributed by atoms with Gasteiger partial charge in [-0.1, -0.05) is 17.7 Å². The molecule has 0 spiro atoms. The van der Waals surface area contributed by atoms with Crippen molar-refractivity contribution in [2.24, 2.45) is 0 Å². The van der Waals surface area contributed by atoms with Gasteiger partial charge >= 0.3 is 6.18 Å². The fourth-order valence-corrected chi connectivity index (χ4v) is 2.58. The molecule has 5 nitrogen and oxygen atoms in total. The Labute approximate surface area is 160 Å². The van der Waals surface area contributed by atoms with Crippen molar-refractivity contribution in [1.29, 1.82) is 0 Å². The number of aryl methyl sites for hydroxylation is 1. The fraction of sp³-hybridized carbons (Fsp3) is 0.300. The molecular weight excluding hydrogens is 373 g/mol. The zero-order valence-electron chi connectivity index (χ0n) is 15.5. The molecule has 0 heterocycles. The molecule has 2 aromatic rings. The smallest absolute Gasteiger partial charge is 0.416 e. The van der Waals surface area contributed by atoms with Crippen LogP contribution in [-0.2, 0) is 17.4 Å². The van der Waals surface area contributed by atoms with Crippen molar-refractivity contribution in [3.8, 4) is 5.75 Å². The van der Waals surface area contributed by atoms with E-state index in [-0.39, 0.29) is 12.1 Å². The average Bonchev–Trinajstić information content (AvgIpc) is 2.65. The minimum atomic E-state index is -4.46. The Hall–Kier alpha value is -3.03. The molecule has 2 amide bonds. The number of nitrogens with one attached hydrogen (secondary N) is 2. The van der Waals surface area contributed by atoms with E-state index in [9.17, 15) is 22.8 Å². The van der Waals surface area contributed by atoms with Gasteiger partial charge in [0.05, 0.1) is 19.2 Å². The highest BCUT2D eigenvalue weighted by molar-refractivity contribution is 5.96. The summed E-state index contributed by atoms with van der Waals surface area (Å²) in [7, 11) is 1.57. The third-order valence-corrected chi connectivity index (χ3v) is 4.04. The number of methoxy groups -OCH3 is 1. The number of carbonyl (C=O) groups excluding carboxylic acids is 2. The lowest BCUT2D eigenvalue weighted by molar-refractivity contribution is -0.137. The van der Waals surface area contributed by atoms with E-state index in [1.807, 2.05) is 25.1 Å². The van der Waals surface area contributed by atoms with Gasteiger partial charge in [-0.15, -0.1) is 0 Å². The van der Waals surface area contributed by atoms with E-state index >= 15 is 0 Å². The third-order valence-electron chi connectivity index (χ3n) is 4.04. The first-order chi connectivity index (χ1) is 13.2. The summed E-state index contributed by atoms with van der Waals surface area (Å²) in [4.78, 5) is 23.8. The second-order valence-corrected chi connectivity index (χ2v) is 6.17. The third kappa shape index (κ3) is 6.00. The van der Waals surface area contributed by atoms with Crippen molar-refractivity contribution < 1.29 is 27.5 Å². The van der Waals surface area contributed by atoms with Crippen LogP contribution < -0.4 is 15.4 Å². The molecule has 28 heavy (non-hydrogen) atoms. The summed E-state index contributed by atoms with van der Waals surface area (Å²) < 4.78 is 42.8. The van der Waals surface area contributed by atoms with Gasteiger partial charge in [0.2, 0.25) is 5.91 Å². The topological polar surface area (TPSA) is 67.4 Å². The van der Waals surface area contributed by atoms with Crippen LogP contribution in [0.3, 0.4) is 0 Å². The van der Waals surface area contributed by atoms with Crippen LogP contribution in [0.1, 0.15) is 27.0 Å². The second kappa shape index (κ2) is 9.25. The monoisotopic (exact) mass is 394 g/mol. The summed E-state index contributed by atoms with van der Waals surface area (Å²) in [6.45, 7) is 2.04. The summed E-state index contributed by atoms with van der Waals surface area (Å²) in [6, 6.07) is 9.54. The maximum Gasteiger partial charge on any atom is 0.416 e. The van der Waals surface area contributed by atoms with Gasteiger partial charge < -0.3 is 15.4 Å². The number of alkyl halides is 3. The van der Waals surface area contributed by atoms with Gasteiger partial charge in [-0.2, -0.15) is 13.2 Å². The quantitative estimate of drug-likeness (QED) is 0.758. The number of rotatable bonds is 7. The van der Waals surface area contributed by atoms with Gasteiger partial charge in [0.15, 0.2) is 0 Å². The second-order valence-electron chi connectivity index (χ2n) is 6.17. The van der Waals surface area contributed by atoms with Crippen LogP contribution in [0, 0.1) is 6.92 Å². The van der Waals surface area contributed by atoms with E-state index in [1.54, 1.807) is 7.11 Å². The molecule has 2 aromatic carbocycles. The molecule has 0 aliphatic heterocycles. The number of halogens is 3. The van der Waals surface area contributed by atoms with Crippen molar-refractivity contribution in [1.82, 2.24) is 10.6 Å². The van der Waals surface area contributed by atoms with Gasteiger partial charge in [0, 0.05) is 12.1 Å². The van der Waals surface area contributed by atoms with Crippen LogP contribution >= 0.6 is 0 Å². The molecular formula is C20H21F3N2O3. The lowest BCUT2D eigenvalue weighted by atomic mass is 10.1. The lowest BCUT2D eigenvalue weighted by Gasteiger charge is -2.11. The van der Waals surface area contributed by atoms with Crippen molar-refractivity contribution in [3.05, 3.63) is 64.7 Å². The highest BCUT2D eigenvalue weighted by Gasteiger charge is 2.30. The Balaban J connectivity index is 1.79. The zero-order valence-corrected chi connectivity index (χ0v) is 15.5. The zero-order chi connectivity index (χ0) is 20.7. The van der Waals surface area contributed by atoms with Crippen molar-refractivity contribution in [2.45, 2.75) is 19.5 Å². The van der Waals surface area contributed by atoms with Crippen LogP contribution in [0.15, 0.2) is 42.5 Å². The Morgan fingerprint density at radius 2 is 1.71 bits per heavy atom. The highest BCUT2D eigenvalue weighted by Crippen LogP contribution is 2.29. The van der Waals surface area contributed by atoms with Crippen LogP contribution in [0.5, 0.6) is 5.75 Å². The maximum atomic E-state index is 12.5. The fourth-order valence-electron chi connectivity index (χ4n) is 2.58. The van der Waals surface area contributed by atoms with E-state index in [0.29, 0.717) is 13.0 Å². The van der Waals surface area contributed by atoms with E-state index in [0.717, 1.165) is 41.1 Å². The minimum Gasteiger partial charge on any atom is -0.496 e. The molecule has 0 saturated heterocycles. The SMILES string of the molecule is COc1ccc(C)cc1CCNC(=O)CNC(=O)c1ccc(C(F)(F)F)cc1. The molecule has 0 aromatic heterocycles. The van der Waals surface area contributed by atoms with Gasteiger partial charge in [-0.25, -0.2) is 0 Å². The Bertz CT molecular complexity index is 834. The molecule has 150 valence electrons. The molecule has 8 heteroatoms. The largest absolute Gasteiger partial charge is 0.496 e. The summed E-state index contributed by atoms with van der Waals surface area (Å²) in [6.07, 6.45) is -3.90. The normalized spacial score (nSPS) is 11.0. The summed E-state index contributed by atoms with van der Waals surface area (Å²) in [5.74, 6) is -0.286.